The third-order valence-electron chi connectivity index (χ3n) is 5.97. The van der Waals surface area contributed by atoms with Gasteiger partial charge < -0.3 is 19.5 Å². The largest absolute Gasteiger partial charge is 0.493 e. The van der Waals surface area contributed by atoms with Crippen molar-refractivity contribution < 1.29 is 19.4 Å². The van der Waals surface area contributed by atoms with E-state index in [1.54, 1.807) is 41.3 Å². The van der Waals surface area contributed by atoms with Gasteiger partial charge in [0, 0.05) is 23.5 Å². The highest BCUT2D eigenvalue weighted by Gasteiger charge is 2.35. The Balaban J connectivity index is 1.52. The minimum absolute atomic E-state index is 0.200. The Morgan fingerprint density at radius 3 is 2.44 bits per heavy atom. The molecule has 0 radical (unpaired) electrons. The number of aliphatic hydroxyl groups is 1. The summed E-state index contributed by atoms with van der Waals surface area (Å²) in [6.07, 6.45) is 2.32. The minimum atomic E-state index is -1.01. The standard InChI is InChI=1S/C23H24ClN3O5/c1-31-18-8-3-15-13-25-27(22(29)20(15)21(18)32-2)14-19(28)26-11-9-23(30,10-12-26)16-4-6-17(24)7-5-16/h3-8,13,30H,9-12,14H2,1-2H3. The fraction of sp³-hybridized carbons (Fsp3) is 0.348. The van der Waals surface area contributed by atoms with Crippen molar-refractivity contribution in [3.63, 3.8) is 0 Å². The van der Waals surface area contributed by atoms with E-state index in [9.17, 15) is 14.7 Å². The highest BCUT2D eigenvalue weighted by Crippen LogP contribution is 2.34. The summed E-state index contributed by atoms with van der Waals surface area (Å²) in [7, 11) is 2.96. The molecule has 2 heterocycles. The van der Waals surface area contributed by atoms with Crippen LogP contribution in [0.15, 0.2) is 47.4 Å². The molecule has 0 unspecified atom stereocenters. The molecule has 0 atom stereocenters. The summed E-state index contributed by atoms with van der Waals surface area (Å²) in [6.45, 7) is 0.545. The van der Waals surface area contributed by atoms with Crippen molar-refractivity contribution in [2.75, 3.05) is 27.3 Å². The summed E-state index contributed by atoms with van der Waals surface area (Å²) >= 11 is 5.94. The van der Waals surface area contributed by atoms with E-state index in [1.165, 1.54) is 20.4 Å². The summed E-state index contributed by atoms with van der Waals surface area (Å²) < 4.78 is 11.8. The number of carbonyl (C=O) groups is 1. The third kappa shape index (κ3) is 4.03. The van der Waals surface area contributed by atoms with Crippen LogP contribution in [-0.4, -0.2) is 53.0 Å². The lowest BCUT2D eigenvalue weighted by Gasteiger charge is -2.38. The van der Waals surface area contributed by atoms with Gasteiger partial charge >= 0.3 is 0 Å². The van der Waals surface area contributed by atoms with E-state index in [-0.39, 0.29) is 12.5 Å². The molecule has 3 aromatic rings. The zero-order valence-electron chi connectivity index (χ0n) is 17.9. The maximum absolute atomic E-state index is 13.1. The third-order valence-corrected chi connectivity index (χ3v) is 6.22. The number of carbonyl (C=O) groups excluding carboxylic acids is 1. The first-order chi connectivity index (χ1) is 15.4. The number of ether oxygens (including phenoxy) is 2. The summed E-state index contributed by atoms with van der Waals surface area (Å²) in [5.74, 6) is 0.502. The lowest BCUT2D eigenvalue weighted by atomic mass is 9.84. The van der Waals surface area contributed by atoms with Crippen molar-refractivity contribution in [3.05, 3.63) is 63.5 Å². The maximum atomic E-state index is 13.1. The van der Waals surface area contributed by atoms with Crippen LogP contribution < -0.4 is 15.0 Å². The number of hydrogen-bond acceptors (Lipinski definition) is 6. The fourth-order valence-corrected chi connectivity index (χ4v) is 4.23. The zero-order valence-corrected chi connectivity index (χ0v) is 18.6. The molecule has 1 fully saturated rings. The van der Waals surface area contributed by atoms with Crippen LogP contribution in [0.5, 0.6) is 11.5 Å². The highest BCUT2D eigenvalue weighted by molar-refractivity contribution is 6.30. The molecule has 32 heavy (non-hydrogen) atoms. The molecule has 4 rings (SSSR count). The Bertz CT molecular complexity index is 1200. The van der Waals surface area contributed by atoms with E-state index in [0.717, 1.165) is 10.2 Å². The van der Waals surface area contributed by atoms with Crippen molar-refractivity contribution in [3.8, 4) is 11.5 Å². The number of methoxy groups -OCH3 is 2. The Hall–Kier alpha value is -3.10. The lowest BCUT2D eigenvalue weighted by molar-refractivity contribution is -0.136. The summed E-state index contributed by atoms with van der Waals surface area (Å²) in [5.41, 5.74) is -0.660. The van der Waals surface area contributed by atoms with Gasteiger partial charge in [-0.05, 0) is 42.7 Å². The smallest absolute Gasteiger partial charge is 0.279 e. The molecule has 168 valence electrons. The van der Waals surface area contributed by atoms with E-state index in [1.807, 2.05) is 0 Å². The van der Waals surface area contributed by atoms with Gasteiger partial charge in [-0.1, -0.05) is 23.7 Å². The van der Waals surface area contributed by atoms with Crippen LogP contribution in [0.2, 0.25) is 5.02 Å². The van der Waals surface area contributed by atoms with Crippen molar-refractivity contribution in [2.24, 2.45) is 0 Å². The van der Waals surface area contributed by atoms with Gasteiger partial charge in [0.1, 0.15) is 6.54 Å². The van der Waals surface area contributed by atoms with Crippen molar-refractivity contribution >= 4 is 28.3 Å². The van der Waals surface area contributed by atoms with Gasteiger partial charge in [-0.15, -0.1) is 0 Å². The Kier molecular flexibility index (Phi) is 6.08. The molecule has 8 nitrogen and oxygen atoms in total. The molecule has 1 aliphatic heterocycles. The van der Waals surface area contributed by atoms with Crippen LogP contribution in [0.25, 0.3) is 10.8 Å². The summed E-state index contributed by atoms with van der Waals surface area (Å²) in [6, 6.07) is 10.5. The number of piperidine rings is 1. The number of benzene rings is 2. The van der Waals surface area contributed by atoms with Crippen LogP contribution in [-0.2, 0) is 16.9 Å². The molecule has 1 saturated heterocycles. The zero-order chi connectivity index (χ0) is 22.9. The SMILES string of the molecule is COc1ccc2cnn(CC(=O)N3CCC(O)(c4ccc(Cl)cc4)CC3)c(=O)c2c1OC. The molecule has 2 aromatic carbocycles. The number of hydrogen-bond donors (Lipinski definition) is 1. The van der Waals surface area contributed by atoms with Crippen molar-refractivity contribution in [2.45, 2.75) is 25.0 Å². The van der Waals surface area contributed by atoms with Crippen molar-refractivity contribution in [1.29, 1.82) is 0 Å². The van der Waals surface area contributed by atoms with Crippen LogP contribution >= 0.6 is 11.6 Å². The van der Waals surface area contributed by atoms with E-state index in [0.29, 0.717) is 53.2 Å². The number of rotatable bonds is 5. The number of nitrogens with zero attached hydrogens (tertiary/aromatic N) is 3. The molecule has 1 aliphatic rings. The van der Waals surface area contributed by atoms with E-state index < -0.39 is 11.2 Å². The van der Waals surface area contributed by atoms with Crippen molar-refractivity contribution in [1.82, 2.24) is 14.7 Å². The average Bonchev–Trinajstić information content (AvgIpc) is 2.80. The predicted molar refractivity (Wildman–Crippen MR) is 120 cm³/mol. The van der Waals surface area contributed by atoms with E-state index in [2.05, 4.69) is 5.10 Å². The Morgan fingerprint density at radius 1 is 1.12 bits per heavy atom. The van der Waals surface area contributed by atoms with Gasteiger partial charge in [0.15, 0.2) is 11.5 Å². The maximum Gasteiger partial charge on any atom is 0.279 e. The first kappa shape index (κ1) is 22.1. The van der Waals surface area contributed by atoms with Crippen LogP contribution in [0.4, 0.5) is 0 Å². The van der Waals surface area contributed by atoms with Crippen LogP contribution in [0.1, 0.15) is 18.4 Å². The van der Waals surface area contributed by atoms with Gasteiger partial charge in [-0.2, -0.15) is 5.10 Å². The van der Waals surface area contributed by atoms with Gasteiger partial charge in [-0.3, -0.25) is 9.59 Å². The van der Waals surface area contributed by atoms with E-state index in [4.69, 9.17) is 21.1 Å². The molecule has 0 spiro atoms. The van der Waals surface area contributed by atoms with Gasteiger partial charge in [0.05, 0.1) is 31.4 Å². The summed E-state index contributed by atoms with van der Waals surface area (Å²) in [5, 5.41) is 16.7. The first-order valence-corrected chi connectivity index (χ1v) is 10.6. The molecule has 1 N–H and O–H groups in total. The molecule has 0 aliphatic carbocycles. The second-order valence-electron chi connectivity index (χ2n) is 7.79. The van der Waals surface area contributed by atoms with Gasteiger partial charge in [-0.25, -0.2) is 4.68 Å². The molecule has 1 amide bonds. The topological polar surface area (TPSA) is 93.9 Å². The second-order valence-corrected chi connectivity index (χ2v) is 8.23. The molecular formula is C23H24ClN3O5. The average molecular weight is 458 g/mol. The minimum Gasteiger partial charge on any atom is -0.493 e. The highest BCUT2D eigenvalue weighted by atomic mass is 35.5. The number of fused-ring (bicyclic) bond motifs is 1. The van der Waals surface area contributed by atoms with Crippen LogP contribution in [0.3, 0.4) is 0 Å². The predicted octanol–water partition coefficient (Wildman–Crippen LogP) is 2.58. The lowest BCUT2D eigenvalue weighted by Crippen LogP contribution is -2.47. The molecule has 1 aromatic heterocycles. The van der Waals surface area contributed by atoms with Gasteiger partial charge in [0.25, 0.3) is 5.56 Å². The van der Waals surface area contributed by atoms with Gasteiger partial charge in [0.2, 0.25) is 5.91 Å². The number of aromatic nitrogens is 2. The molecule has 0 saturated carbocycles. The molecule has 9 heteroatoms. The number of halogens is 1. The quantitative estimate of drug-likeness (QED) is 0.633. The molecule has 0 bridgehead atoms. The van der Waals surface area contributed by atoms with E-state index >= 15 is 0 Å². The first-order valence-electron chi connectivity index (χ1n) is 10.2. The van der Waals surface area contributed by atoms with Crippen LogP contribution in [0, 0.1) is 0 Å². The normalized spacial score (nSPS) is 15.6. The number of amides is 1. The summed E-state index contributed by atoms with van der Waals surface area (Å²) in [4.78, 5) is 27.6. The Labute approximate surface area is 189 Å². The fourth-order valence-electron chi connectivity index (χ4n) is 4.10. The number of likely N-dealkylation sites (tertiary alicyclic amines) is 1. The monoisotopic (exact) mass is 457 g/mol. The molecular weight excluding hydrogens is 434 g/mol. The Morgan fingerprint density at radius 2 is 1.81 bits per heavy atom. The second kappa shape index (κ2) is 8.80.